The lowest BCUT2D eigenvalue weighted by atomic mass is 10.2. The van der Waals surface area contributed by atoms with Gasteiger partial charge in [-0.1, -0.05) is 30.3 Å². The van der Waals surface area contributed by atoms with Gasteiger partial charge in [-0.2, -0.15) is 0 Å². The first kappa shape index (κ1) is 13.6. The quantitative estimate of drug-likeness (QED) is 0.862. The fraction of sp³-hybridized carbons (Fsp3) is 0.467. The van der Waals surface area contributed by atoms with Crippen molar-refractivity contribution in [1.29, 1.82) is 0 Å². The van der Waals surface area contributed by atoms with Crippen LogP contribution < -0.4 is 5.32 Å². The van der Waals surface area contributed by atoms with Crippen molar-refractivity contribution in [2.24, 2.45) is 10.9 Å². The predicted octanol–water partition coefficient (Wildman–Crippen LogP) is 1.44. The number of aliphatic hydroxyl groups excluding tert-OH is 1. The van der Waals surface area contributed by atoms with Gasteiger partial charge in [-0.3, -0.25) is 9.79 Å². The second-order valence-corrected chi connectivity index (χ2v) is 6.29. The summed E-state index contributed by atoms with van der Waals surface area (Å²) < 4.78 is 0. The van der Waals surface area contributed by atoms with Gasteiger partial charge in [0, 0.05) is 17.9 Å². The first-order chi connectivity index (χ1) is 9.74. The van der Waals surface area contributed by atoms with Gasteiger partial charge in [0.15, 0.2) is 0 Å². The summed E-state index contributed by atoms with van der Waals surface area (Å²) in [6, 6.07) is 9.58. The first-order valence-electron chi connectivity index (χ1n) is 6.96. The molecule has 1 aromatic carbocycles. The minimum Gasteiger partial charge on any atom is -0.391 e. The number of carbonyl (C=O) groups is 1. The van der Waals surface area contributed by atoms with Crippen molar-refractivity contribution in [3.8, 4) is 0 Å². The molecule has 1 saturated carbocycles. The van der Waals surface area contributed by atoms with Gasteiger partial charge in [0.25, 0.3) is 0 Å². The SMILES string of the molecule is O=C(NCC(O)C1CC1)C1CSC(c2ccccc2)=N1. The molecule has 1 aromatic rings. The fourth-order valence-electron chi connectivity index (χ4n) is 2.22. The molecule has 2 atom stereocenters. The lowest BCUT2D eigenvalue weighted by molar-refractivity contribution is -0.122. The molecule has 1 aliphatic carbocycles. The maximum Gasteiger partial charge on any atom is 0.245 e. The van der Waals surface area contributed by atoms with E-state index in [0.717, 1.165) is 23.4 Å². The summed E-state index contributed by atoms with van der Waals surface area (Å²) >= 11 is 1.61. The van der Waals surface area contributed by atoms with E-state index in [0.29, 0.717) is 18.2 Å². The summed E-state index contributed by atoms with van der Waals surface area (Å²) in [5.41, 5.74) is 1.06. The zero-order valence-corrected chi connectivity index (χ0v) is 12.0. The Morgan fingerprint density at radius 2 is 2.15 bits per heavy atom. The molecule has 3 rings (SSSR count). The Balaban J connectivity index is 1.55. The van der Waals surface area contributed by atoms with Gasteiger partial charge in [0.1, 0.15) is 6.04 Å². The fourth-order valence-corrected chi connectivity index (χ4v) is 3.26. The van der Waals surface area contributed by atoms with Crippen LogP contribution in [0, 0.1) is 5.92 Å². The van der Waals surface area contributed by atoms with Crippen LogP contribution in [0.25, 0.3) is 0 Å². The number of benzene rings is 1. The van der Waals surface area contributed by atoms with Gasteiger partial charge < -0.3 is 10.4 Å². The lowest BCUT2D eigenvalue weighted by Gasteiger charge is -2.12. The van der Waals surface area contributed by atoms with Crippen molar-refractivity contribution >= 4 is 22.7 Å². The number of nitrogens with one attached hydrogen (secondary N) is 1. The topological polar surface area (TPSA) is 61.7 Å². The summed E-state index contributed by atoms with van der Waals surface area (Å²) in [7, 11) is 0. The molecule has 0 bridgehead atoms. The highest BCUT2D eigenvalue weighted by Crippen LogP contribution is 2.32. The highest BCUT2D eigenvalue weighted by Gasteiger charge is 2.31. The van der Waals surface area contributed by atoms with Crippen LogP contribution in [0.15, 0.2) is 35.3 Å². The minimum absolute atomic E-state index is 0.0804. The van der Waals surface area contributed by atoms with Gasteiger partial charge in [-0.25, -0.2) is 0 Å². The largest absolute Gasteiger partial charge is 0.391 e. The smallest absolute Gasteiger partial charge is 0.245 e. The Morgan fingerprint density at radius 1 is 1.40 bits per heavy atom. The predicted molar refractivity (Wildman–Crippen MR) is 81.0 cm³/mol. The molecule has 20 heavy (non-hydrogen) atoms. The van der Waals surface area contributed by atoms with Crippen LogP contribution >= 0.6 is 11.8 Å². The summed E-state index contributed by atoms with van der Waals surface area (Å²) in [6.45, 7) is 0.348. The van der Waals surface area contributed by atoms with Gasteiger partial charge in [0.2, 0.25) is 5.91 Å². The van der Waals surface area contributed by atoms with Crippen molar-refractivity contribution in [2.45, 2.75) is 25.0 Å². The molecule has 1 aliphatic heterocycles. The van der Waals surface area contributed by atoms with Crippen LogP contribution in [0.3, 0.4) is 0 Å². The molecule has 0 saturated heterocycles. The number of carbonyl (C=O) groups excluding carboxylic acids is 1. The minimum atomic E-state index is -0.398. The third-order valence-corrected chi connectivity index (χ3v) is 4.72. The third-order valence-electron chi connectivity index (χ3n) is 3.63. The van der Waals surface area contributed by atoms with Crippen LogP contribution in [0.4, 0.5) is 0 Å². The zero-order chi connectivity index (χ0) is 13.9. The van der Waals surface area contributed by atoms with E-state index in [1.165, 1.54) is 0 Å². The molecule has 1 fully saturated rings. The Kier molecular flexibility index (Phi) is 4.08. The second kappa shape index (κ2) is 5.97. The number of hydrogen-bond donors (Lipinski definition) is 2. The number of aliphatic hydroxyl groups is 1. The molecule has 2 N–H and O–H groups in total. The second-order valence-electron chi connectivity index (χ2n) is 5.28. The molecule has 106 valence electrons. The molecule has 1 amide bonds. The summed E-state index contributed by atoms with van der Waals surface area (Å²) in [5, 5.41) is 13.5. The van der Waals surface area contributed by atoms with Crippen LogP contribution in [0.2, 0.25) is 0 Å². The Hall–Kier alpha value is -1.33. The molecule has 0 radical (unpaired) electrons. The van der Waals surface area contributed by atoms with E-state index < -0.39 is 6.10 Å². The molecular formula is C15H18N2O2S. The Bertz CT molecular complexity index is 514. The molecular weight excluding hydrogens is 272 g/mol. The van der Waals surface area contributed by atoms with Gasteiger partial charge in [-0.15, -0.1) is 11.8 Å². The standard InChI is InChI=1S/C15H18N2O2S/c18-13(10-6-7-10)8-16-14(19)12-9-20-15(17-12)11-4-2-1-3-5-11/h1-5,10,12-13,18H,6-9H2,(H,16,19). The molecule has 0 spiro atoms. The number of aliphatic imine (C=N–C) groups is 1. The van der Waals surface area contributed by atoms with Crippen LogP contribution in [-0.4, -0.2) is 40.5 Å². The molecule has 0 aromatic heterocycles. The summed E-state index contributed by atoms with van der Waals surface area (Å²) in [5.74, 6) is 0.982. The zero-order valence-electron chi connectivity index (χ0n) is 11.2. The van der Waals surface area contributed by atoms with Crippen LogP contribution in [0.1, 0.15) is 18.4 Å². The van der Waals surface area contributed by atoms with E-state index >= 15 is 0 Å². The molecule has 2 unspecified atom stereocenters. The van der Waals surface area contributed by atoms with Gasteiger partial charge >= 0.3 is 0 Å². The highest BCUT2D eigenvalue weighted by atomic mass is 32.2. The van der Waals surface area contributed by atoms with Crippen molar-refractivity contribution in [2.75, 3.05) is 12.3 Å². The highest BCUT2D eigenvalue weighted by molar-refractivity contribution is 8.14. The normalized spacial score (nSPS) is 23.2. The summed E-state index contributed by atoms with van der Waals surface area (Å²) in [4.78, 5) is 16.5. The number of rotatable bonds is 5. The maximum atomic E-state index is 12.0. The first-order valence-corrected chi connectivity index (χ1v) is 7.94. The molecule has 5 heteroatoms. The number of thioether (sulfide) groups is 1. The third kappa shape index (κ3) is 3.22. The average Bonchev–Trinajstić information content (AvgIpc) is 3.22. The monoisotopic (exact) mass is 290 g/mol. The van der Waals surface area contributed by atoms with Crippen LogP contribution in [0.5, 0.6) is 0 Å². The van der Waals surface area contributed by atoms with E-state index in [2.05, 4.69) is 10.3 Å². The molecule has 2 aliphatic rings. The van der Waals surface area contributed by atoms with Gasteiger partial charge in [0.05, 0.1) is 11.1 Å². The number of nitrogens with zero attached hydrogens (tertiary/aromatic N) is 1. The van der Waals surface area contributed by atoms with Crippen molar-refractivity contribution < 1.29 is 9.90 Å². The molecule has 1 heterocycles. The summed E-state index contributed by atoms with van der Waals surface area (Å²) in [6.07, 6.45) is 1.75. The van der Waals surface area contributed by atoms with E-state index in [9.17, 15) is 9.90 Å². The Morgan fingerprint density at radius 3 is 2.85 bits per heavy atom. The van der Waals surface area contributed by atoms with Gasteiger partial charge in [-0.05, 0) is 18.8 Å². The van der Waals surface area contributed by atoms with Crippen molar-refractivity contribution in [1.82, 2.24) is 5.32 Å². The van der Waals surface area contributed by atoms with Crippen LogP contribution in [-0.2, 0) is 4.79 Å². The number of amides is 1. The van der Waals surface area contributed by atoms with E-state index in [-0.39, 0.29) is 11.9 Å². The van der Waals surface area contributed by atoms with E-state index in [4.69, 9.17) is 0 Å². The average molecular weight is 290 g/mol. The van der Waals surface area contributed by atoms with Crippen molar-refractivity contribution in [3.63, 3.8) is 0 Å². The number of hydrogen-bond acceptors (Lipinski definition) is 4. The van der Waals surface area contributed by atoms with E-state index in [1.54, 1.807) is 11.8 Å². The van der Waals surface area contributed by atoms with Crippen molar-refractivity contribution in [3.05, 3.63) is 35.9 Å². The Labute approximate surface area is 122 Å². The maximum absolute atomic E-state index is 12.0. The van der Waals surface area contributed by atoms with E-state index in [1.807, 2.05) is 30.3 Å². The lowest BCUT2D eigenvalue weighted by Crippen LogP contribution is -2.39. The molecule has 4 nitrogen and oxygen atoms in total.